The molecule has 30 heavy (non-hydrogen) atoms. The molecule has 1 aromatic heterocycles. The summed E-state index contributed by atoms with van der Waals surface area (Å²) in [4.78, 5) is 16.5. The average molecular weight is 452 g/mol. The number of anilines is 1. The summed E-state index contributed by atoms with van der Waals surface area (Å²) >= 11 is 4.26. The van der Waals surface area contributed by atoms with Crippen molar-refractivity contribution < 1.29 is 18.5 Å². The highest BCUT2D eigenvalue weighted by Gasteiger charge is 2.57. The number of ether oxygens (including phenoxy) is 1. The fourth-order valence-electron chi connectivity index (χ4n) is 3.69. The molecule has 0 spiro atoms. The molecule has 2 aliphatic rings. The first kappa shape index (κ1) is 20.9. The fourth-order valence-corrected chi connectivity index (χ4v) is 5.31. The highest BCUT2D eigenvalue weighted by molar-refractivity contribution is 7.90. The van der Waals surface area contributed by atoms with E-state index in [-0.39, 0.29) is 23.8 Å². The molecule has 4 rings (SSSR count). The zero-order valence-corrected chi connectivity index (χ0v) is 17.5. The van der Waals surface area contributed by atoms with Gasteiger partial charge in [-0.2, -0.15) is 4.31 Å². The number of rotatable bonds is 3. The molecular formula is C19H19ClFN5O3S. The van der Waals surface area contributed by atoms with Crippen LogP contribution < -0.4 is 10.6 Å². The molecule has 0 saturated carbocycles. The number of guanidine groups is 1. The van der Waals surface area contributed by atoms with Crippen LogP contribution in [-0.2, 0) is 21.6 Å². The van der Waals surface area contributed by atoms with Crippen LogP contribution in [-0.4, -0.2) is 51.2 Å². The fraction of sp³-hybridized carbons (Fsp3) is 0.316. The molecule has 2 fully saturated rings. The molecule has 0 aliphatic carbocycles. The van der Waals surface area contributed by atoms with Gasteiger partial charge in [0.25, 0.3) is 5.91 Å². The predicted octanol–water partition coefficient (Wildman–Crippen LogP) is 2.24. The van der Waals surface area contributed by atoms with Crippen molar-refractivity contribution in [3.63, 3.8) is 0 Å². The van der Waals surface area contributed by atoms with Gasteiger partial charge in [0.2, 0.25) is 5.96 Å². The van der Waals surface area contributed by atoms with Crippen molar-refractivity contribution in [2.45, 2.75) is 17.2 Å². The summed E-state index contributed by atoms with van der Waals surface area (Å²) in [6.45, 7) is 0.438. The lowest BCUT2D eigenvalue weighted by molar-refractivity contribution is 0.0237. The van der Waals surface area contributed by atoms with Crippen molar-refractivity contribution in [2.75, 3.05) is 25.6 Å². The van der Waals surface area contributed by atoms with Crippen molar-refractivity contribution in [1.29, 1.82) is 5.41 Å². The summed E-state index contributed by atoms with van der Waals surface area (Å²) in [6.07, 6.45) is 1.79. The molecule has 3 N–H and O–H groups in total. The molecule has 2 saturated heterocycles. The summed E-state index contributed by atoms with van der Waals surface area (Å²) in [6, 6.07) is 7.17. The molecule has 1 aromatic carbocycles. The second-order valence-corrected chi connectivity index (χ2v) is 9.16. The summed E-state index contributed by atoms with van der Waals surface area (Å²) in [7, 11) is 1.55. The van der Waals surface area contributed by atoms with Crippen LogP contribution in [0.25, 0.3) is 0 Å². The van der Waals surface area contributed by atoms with Crippen molar-refractivity contribution in [1.82, 2.24) is 14.6 Å². The molecule has 1 amide bonds. The van der Waals surface area contributed by atoms with Gasteiger partial charge in [-0.3, -0.25) is 10.2 Å². The minimum Gasteiger partial charge on any atom is -0.593 e. The average Bonchev–Trinajstić information content (AvgIpc) is 2.74. The van der Waals surface area contributed by atoms with Gasteiger partial charge in [-0.15, -0.1) is 0 Å². The Morgan fingerprint density at radius 3 is 3.03 bits per heavy atom. The van der Waals surface area contributed by atoms with E-state index in [9.17, 15) is 13.7 Å². The topological polar surface area (TPSA) is 113 Å². The van der Waals surface area contributed by atoms with Gasteiger partial charge in [0.1, 0.15) is 17.1 Å². The van der Waals surface area contributed by atoms with Crippen LogP contribution in [0.4, 0.5) is 10.1 Å². The summed E-state index contributed by atoms with van der Waals surface area (Å²) < 4.78 is 34.8. The number of nitrogens with zero attached hydrogens (tertiary/aromatic N) is 2. The van der Waals surface area contributed by atoms with E-state index in [1.54, 1.807) is 13.1 Å². The maximum absolute atomic E-state index is 15.0. The molecule has 2 aliphatic heterocycles. The quantitative estimate of drug-likeness (QED) is 0.617. The number of pyridine rings is 1. The number of aromatic nitrogens is 1. The summed E-state index contributed by atoms with van der Waals surface area (Å²) in [5, 5.41) is 13.7. The van der Waals surface area contributed by atoms with E-state index in [1.807, 2.05) is 0 Å². The van der Waals surface area contributed by atoms with E-state index in [2.05, 4.69) is 15.6 Å². The highest BCUT2D eigenvalue weighted by Crippen LogP contribution is 2.41. The van der Waals surface area contributed by atoms with E-state index < -0.39 is 33.9 Å². The Kier molecular flexibility index (Phi) is 5.58. The van der Waals surface area contributed by atoms with Crippen LogP contribution in [0.3, 0.4) is 0 Å². The van der Waals surface area contributed by atoms with Gasteiger partial charge < -0.3 is 19.9 Å². The van der Waals surface area contributed by atoms with Gasteiger partial charge in [0.15, 0.2) is 5.25 Å². The SMILES string of the molecule is CN1C(=N)NC2(c3cc(NC(=O)c4ccc(Cl)cn4)ccc3F)COCCC2[S+]1[O-]. The molecule has 0 radical (unpaired) electrons. The van der Waals surface area contributed by atoms with Gasteiger partial charge in [0.05, 0.1) is 36.6 Å². The van der Waals surface area contributed by atoms with E-state index in [1.165, 1.54) is 34.8 Å². The molecule has 158 valence electrons. The Balaban J connectivity index is 1.69. The predicted molar refractivity (Wildman–Crippen MR) is 111 cm³/mol. The monoisotopic (exact) mass is 451 g/mol. The number of halogens is 2. The number of carbonyl (C=O) groups is 1. The van der Waals surface area contributed by atoms with Gasteiger partial charge in [0, 0.05) is 23.9 Å². The molecular weight excluding hydrogens is 433 g/mol. The zero-order valence-electron chi connectivity index (χ0n) is 15.9. The second-order valence-electron chi connectivity index (χ2n) is 7.06. The third-order valence-electron chi connectivity index (χ3n) is 5.24. The number of carbonyl (C=O) groups excluding carboxylic acids is 1. The van der Waals surface area contributed by atoms with Crippen molar-refractivity contribution in [3.8, 4) is 0 Å². The Morgan fingerprint density at radius 2 is 2.30 bits per heavy atom. The molecule has 11 heteroatoms. The maximum Gasteiger partial charge on any atom is 0.274 e. The third-order valence-corrected chi connectivity index (χ3v) is 7.31. The van der Waals surface area contributed by atoms with Crippen molar-refractivity contribution in [2.24, 2.45) is 0 Å². The first-order valence-electron chi connectivity index (χ1n) is 9.13. The number of hydrogen-bond donors (Lipinski definition) is 3. The summed E-state index contributed by atoms with van der Waals surface area (Å²) in [5.41, 5.74) is -0.511. The van der Waals surface area contributed by atoms with Crippen LogP contribution in [0.2, 0.25) is 5.02 Å². The van der Waals surface area contributed by atoms with Gasteiger partial charge >= 0.3 is 0 Å². The number of nitrogens with one attached hydrogen (secondary N) is 3. The Bertz CT molecular complexity index is 995. The molecule has 3 heterocycles. The van der Waals surface area contributed by atoms with Crippen LogP contribution in [0.5, 0.6) is 0 Å². The molecule has 3 atom stereocenters. The lowest BCUT2D eigenvalue weighted by Crippen LogP contribution is -2.70. The van der Waals surface area contributed by atoms with Gasteiger partial charge in [-0.05, 0) is 30.3 Å². The van der Waals surface area contributed by atoms with Gasteiger partial charge in [-0.25, -0.2) is 9.37 Å². The van der Waals surface area contributed by atoms with E-state index >= 15 is 0 Å². The lowest BCUT2D eigenvalue weighted by atomic mass is 9.83. The lowest BCUT2D eigenvalue weighted by Gasteiger charge is -2.49. The second kappa shape index (κ2) is 8.03. The van der Waals surface area contributed by atoms with Gasteiger partial charge in [-0.1, -0.05) is 11.6 Å². The largest absolute Gasteiger partial charge is 0.593 e. The maximum atomic E-state index is 15.0. The van der Waals surface area contributed by atoms with Crippen LogP contribution in [0, 0.1) is 11.2 Å². The van der Waals surface area contributed by atoms with Crippen molar-refractivity contribution >= 4 is 40.5 Å². The third kappa shape index (κ3) is 3.60. The minimum atomic E-state index is -1.54. The standard InChI is InChI=1S/C19H19ClFN5O3S/c1-26-18(22)25-19(10-29-7-6-16(19)30(26)28)13-8-12(3-4-14(13)21)24-17(27)15-5-2-11(20)9-23-15/h2-5,8-9,16H,6-7,10H2,1H3,(H2,22,25)(H,24,27). The first-order valence-corrected chi connectivity index (χ1v) is 10.7. The number of hydrogen-bond acceptors (Lipinski definition) is 5. The molecule has 0 bridgehead atoms. The molecule has 3 unspecified atom stereocenters. The van der Waals surface area contributed by atoms with Crippen LogP contribution >= 0.6 is 11.6 Å². The van der Waals surface area contributed by atoms with E-state index in [0.29, 0.717) is 23.7 Å². The van der Waals surface area contributed by atoms with Crippen molar-refractivity contribution in [3.05, 3.63) is 58.6 Å². The Hall–Kier alpha value is -2.40. The minimum absolute atomic E-state index is 0.0483. The van der Waals surface area contributed by atoms with E-state index in [0.717, 1.165) is 0 Å². The van der Waals surface area contributed by atoms with E-state index in [4.69, 9.17) is 21.7 Å². The molecule has 2 aromatic rings. The first-order chi connectivity index (χ1) is 14.3. The Labute approximate surface area is 180 Å². The number of amides is 1. The highest BCUT2D eigenvalue weighted by atomic mass is 35.5. The summed E-state index contributed by atoms with van der Waals surface area (Å²) in [5.74, 6) is -1.12. The zero-order chi connectivity index (χ0) is 21.5. The number of fused-ring (bicyclic) bond motifs is 1. The Morgan fingerprint density at radius 1 is 1.50 bits per heavy atom. The number of benzene rings is 1. The van der Waals surface area contributed by atoms with Crippen LogP contribution in [0.15, 0.2) is 36.5 Å². The normalized spacial score (nSPS) is 26.0. The van der Waals surface area contributed by atoms with Crippen LogP contribution in [0.1, 0.15) is 22.5 Å². The molecule has 8 nitrogen and oxygen atoms in total. The smallest absolute Gasteiger partial charge is 0.274 e.